The molecule has 10 heteroatoms. The summed E-state index contributed by atoms with van der Waals surface area (Å²) in [5, 5.41) is 2.51. The van der Waals surface area contributed by atoms with Crippen LogP contribution >= 0.6 is 19.6 Å². The Balaban J connectivity index is 4.08. The molecule has 1 N–H and O–H groups in total. The molecule has 1 amide bonds. The van der Waals surface area contributed by atoms with E-state index in [0.29, 0.717) is 18.7 Å². The third-order valence-electron chi connectivity index (χ3n) is 2.92. The number of phosphoric acid groups is 1. The van der Waals surface area contributed by atoms with E-state index in [4.69, 9.17) is 9.26 Å². The molecular weight excluding hydrogens is 357 g/mol. The van der Waals surface area contributed by atoms with Crippen molar-refractivity contribution in [2.75, 3.05) is 39.7 Å². The van der Waals surface area contributed by atoms with Crippen molar-refractivity contribution in [2.45, 2.75) is 20.3 Å². The van der Waals surface area contributed by atoms with Crippen LogP contribution in [0.25, 0.3) is 0 Å². The molecular formula is C14H26NO7PS. The normalized spacial score (nSPS) is 11.8. The molecule has 0 aliphatic rings. The van der Waals surface area contributed by atoms with Crippen molar-refractivity contribution >= 4 is 30.8 Å². The number of hydrogen-bond acceptors (Lipinski definition) is 8. The molecule has 0 aliphatic heterocycles. The van der Waals surface area contributed by atoms with Crippen molar-refractivity contribution in [3.8, 4) is 0 Å². The highest BCUT2D eigenvalue weighted by Gasteiger charge is 2.28. The molecule has 0 aromatic carbocycles. The first kappa shape index (κ1) is 23.1. The molecule has 24 heavy (non-hydrogen) atoms. The van der Waals surface area contributed by atoms with Crippen LogP contribution in [0, 0.1) is 5.41 Å². The fourth-order valence-corrected chi connectivity index (χ4v) is 3.07. The van der Waals surface area contributed by atoms with Crippen molar-refractivity contribution in [3.63, 3.8) is 0 Å². The van der Waals surface area contributed by atoms with E-state index in [0.717, 1.165) is 11.8 Å². The maximum absolute atomic E-state index is 12.2. The van der Waals surface area contributed by atoms with Gasteiger partial charge < -0.3 is 10.1 Å². The number of phosphoric ester groups is 1. The fourth-order valence-electron chi connectivity index (χ4n) is 1.42. The third kappa shape index (κ3) is 9.44. The van der Waals surface area contributed by atoms with E-state index in [-0.39, 0.29) is 18.3 Å². The summed E-state index contributed by atoms with van der Waals surface area (Å²) in [7, 11) is -1.07. The first-order valence-electron chi connectivity index (χ1n) is 7.25. The van der Waals surface area contributed by atoms with Gasteiger partial charge in [-0.3, -0.25) is 18.4 Å². The molecule has 0 heterocycles. The monoisotopic (exact) mass is 383 g/mol. The van der Waals surface area contributed by atoms with Crippen LogP contribution in [0.4, 0.5) is 4.79 Å². The largest absolute Gasteiger partial charge is 0.474 e. The lowest BCUT2D eigenvalue weighted by Gasteiger charge is -2.22. The minimum absolute atomic E-state index is 0.0531. The summed E-state index contributed by atoms with van der Waals surface area (Å²) in [6, 6.07) is 0. The average Bonchev–Trinajstić information content (AvgIpc) is 2.56. The summed E-state index contributed by atoms with van der Waals surface area (Å²) in [5.74, 6) is 0.313. The standard InChI is InChI=1S/C14H26NO7PS/c1-6-9-21-13(17)15-8-7-14(2,3)12(16)24-11-10-22-23(18,19-4)20-5/h6H,1,7-11H2,2-5H3,(H,15,17). The maximum Gasteiger partial charge on any atom is 0.474 e. The Labute approximate surface area is 147 Å². The van der Waals surface area contributed by atoms with E-state index in [1.165, 1.54) is 20.3 Å². The van der Waals surface area contributed by atoms with Crippen molar-refractivity contribution in [1.29, 1.82) is 0 Å². The van der Waals surface area contributed by atoms with E-state index in [9.17, 15) is 14.2 Å². The summed E-state index contributed by atoms with van der Waals surface area (Å²) >= 11 is 1.06. The second-order valence-electron chi connectivity index (χ2n) is 5.23. The summed E-state index contributed by atoms with van der Waals surface area (Å²) in [6.45, 7) is 7.52. The Bertz CT molecular complexity index is 462. The Kier molecular flexibility index (Phi) is 11.2. The SMILES string of the molecule is C=CCOC(=O)NCCC(C)(C)C(=O)SCCOP(=O)(OC)OC. The van der Waals surface area contributed by atoms with Gasteiger partial charge in [0.15, 0.2) is 5.12 Å². The zero-order chi connectivity index (χ0) is 18.6. The minimum Gasteiger partial charge on any atom is -0.445 e. The Morgan fingerprint density at radius 1 is 1.29 bits per heavy atom. The number of carbonyl (C=O) groups is 2. The summed E-state index contributed by atoms with van der Waals surface area (Å²) < 4.78 is 30.7. The van der Waals surface area contributed by atoms with Gasteiger partial charge in [-0.15, -0.1) is 0 Å². The lowest BCUT2D eigenvalue weighted by atomic mass is 9.91. The van der Waals surface area contributed by atoms with Gasteiger partial charge in [0.1, 0.15) is 6.61 Å². The first-order chi connectivity index (χ1) is 11.2. The topological polar surface area (TPSA) is 100 Å². The maximum atomic E-state index is 12.2. The molecule has 0 unspecified atom stereocenters. The van der Waals surface area contributed by atoms with Gasteiger partial charge in [0.05, 0.1) is 6.61 Å². The number of thioether (sulfide) groups is 1. The average molecular weight is 383 g/mol. The van der Waals surface area contributed by atoms with E-state index < -0.39 is 19.3 Å². The zero-order valence-corrected chi connectivity index (χ0v) is 16.2. The van der Waals surface area contributed by atoms with Crippen LogP contribution in [0.2, 0.25) is 0 Å². The molecule has 0 aromatic rings. The van der Waals surface area contributed by atoms with E-state index in [1.807, 2.05) is 0 Å². The lowest BCUT2D eigenvalue weighted by Crippen LogP contribution is -2.31. The molecule has 0 radical (unpaired) electrons. The Hall–Kier alpha value is -0.860. The van der Waals surface area contributed by atoms with Crippen molar-refractivity contribution in [1.82, 2.24) is 5.32 Å². The smallest absolute Gasteiger partial charge is 0.445 e. The molecule has 0 saturated heterocycles. The number of nitrogens with one attached hydrogen (secondary N) is 1. The predicted molar refractivity (Wildman–Crippen MR) is 93.0 cm³/mol. The van der Waals surface area contributed by atoms with Gasteiger partial charge in [0, 0.05) is 31.9 Å². The highest BCUT2D eigenvalue weighted by molar-refractivity contribution is 8.13. The molecule has 0 aliphatic carbocycles. The van der Waals surface area contributed by atoms with Gasteiger partial charge >= 0.3 is 13.9 Å². The number of hydrogen-bond donors (Lipinski definition) is 1. The van der Waals surface area contributed by atoms with Gasteiger partial charge in [-0.05, 0) is 6.42 Å². The van der Waals surface area contributed by atoms with Crippen LogP contribution in [0.15, 0.2) is 12.7 Å². The van der Waals surface area contributed by atoms with Gasteiger partial charge in [-0.25, -0.2) is 9.36 Å². The van der Waals surface area contributed by atoms with Crippen LogP contribution in [-0.2, 0) is 27.7 Å². The molecule has 140 valence electrons. The van der Waals surface area contributed by atoms with Gasteiger partial charge in [-0.1, -0.05) is 38.3 Å². The van der Waals surface area contributed by atoms with Crippen LogP contribution < -0.4 is 5.32 Å². The molecule has 0 aromatic heterocycles. The molecule has 0 rings (SSSR count). The first-order valence-corrected chi connectivity index (χ1v) is 9.70. The number of alkyl carbamates (subject to hydrolysis) is 1. The number of carbonyl (C=O) groups excluding carboxylic acids is 2. The lowest BCUT2D eigenvalue weighted by molar-refractivity contribution is -0.118. The molecule has 0 atom stereocenters. The highest BCUT2D eigenvalue weighted by atomic mass is 32.2. The Morgan fingerprint density at radius 3 is 2.46 bits per heavy atom. The van der Waals surface area contributed by atoms with E-state index >= 15 is 0 Å². The van der Waals surface area contributed by atoms with Crippen LogP contribution in [-0.4, -0.2) is 50.9 Å². The van der Waals surface area contributed by atoms with Gasteiger partial charge in [0.2, 0.25) is 0 Å². The summed E-state index contributed by atoms with van der Waals surface area (Å²) in [6.07, 6.45) is 1.38. The molecule has 8 nitrogen and oxygen atoms in total. The number of rotatable bonds is 12. The van der Waals surface area contributed by atoms with Crippen molar-refractivity contribution in [2.24, 2.45) is 5.41 Å². The van der Waals surface area contributed by atoms with E-state index in [2.05, 4.69) is 20.9 Å². The summed E-state index contributed by atoms with van der Waals surface area (Å²) in [5.41, 5.74) is -0.636. The second kappa shape index (κ2) is 11.7. The highest BCUT2D eigenvalue weighted by Crippen LogP contribution is 2.47. The Morgan fingerprint density at radius 2 is 1.92 bits per heavy atom. The second-order valence-corrected chi connectivity index (χ2v) is 8.18. The van der Waals surface area contributed by atoms with Gasteiger partial charge in [0.25, 0.3) is 0 Å². The molecule has 0 fully saturated rings. The van der Waals surface area contributed by atoms with Crippen LogP contribution in [0.3, 0.4) is 0 Å². The van der Waals surface area contributed by atoms with Crippen LogP contribution in [0.5, 0.6) is 0 Å². The quantitative estimate of drug-likeness (QED) is 0.312. The molecule has 0 spiro atoms. The summed E-state index contributed by atoms with van der Waals surface area (Å²) in [4.78, 5) is 23.5. The fraction of sp³-hybridized carbons (Fsp3) is 0.714. The van der Waals surface area contributed by atoms with Crippen molar-refractivity contribution in [3.05, 3.63) is 12.7 Å². The predicted octanol–water partition coefficient (Wildman–Crippen LogP) is 2.99. The molecule has 0 bridgehead atoms. The van der Waals surface area contributed by atoms with Gasteiger partial charge in [-0.2, -0.15) is 0 Å². The minimum atomic E-state index is -3.51. The van der Waals surface area contributed by atoms with Crippen LogP contribution in [0.1, 0.15) is 20.3 Å². The third-order valence-corrected chi connectivity index (χ3v) is 5.50. The molecule has 0 saturated carbocycles. The van der Waals surface area contributed by atoms with E-state index in [1.54, 1.807) is 13.8 Å². The van der Waals surface area contributed by atoms with Crippen molar-refractivity contribution < 1.29 is 32.5 Å². The number of amides is 1. The zero-order valence-electron chi connectivity index (χ0n) is 14.5. The number of ether oxygens (including phenoxy) is 1.